The van der Waals surface area contributed by atoms with Crippen molar-refractivity contribution in [2.45, 2.75) is 19.6 Å². The number of carbonyl (C=O) groups excluding carboxylic acids is 1. The van der Waals surface area contributed by atoms with Crippen molar-refractivity contribution < 1.29 is 14.3 Å². The number of likely N-dealkylation sites (N-methyl/N-ethyl adjacent to an activating group) is 1. The van der Waals surface area contributed by atoms with Crippen molar-refractivity contribution in [1.82, 2.24) is 24.7 Å². The van der Waals surface area contributed by atoms with Crippen molar-refractivity contribution in [3.63, 3.8) is 0 Å². The van der Waals surface area contributed by atoms with Crippen LogP contribution in [-0.4, -0.2) is 56.4 Å². The van der Waals surface area contributed by atoms with E-state index in [1.165, 1.54) is 4.68 Å². The fraction of sp³-hybridized carbons (Fsp3) is 0.300. The van der Waals surface area contributed by atoms with Gasteiger partial charge in [0.15, 0.2) is 17.6 Å². The Morgan fingerprint density at radius 2 is 1.83 bits per heavy atom. The van der Waals surface area contributed by atoms with Gasteiger partial charge in [0.25, 0.3) is 0 Å². The number of para-hydroxylation sites is 3. The third kappa shape index (κ3) is 3.98. The second-order valence-corrected chi connectivity index (χ2v) is 6.60. The zero-order valence-corrected chi connectivity index (χ0v) is 16.0. The Labute approximate surface area is 167 Å². The van der Waals surface area contributed by atoms with Gasteiger partial charge in [-0.1, -0.05) is 30.3 Å². The fourth-order valence-electron chi connectivity index (χ4n) is 3.14. The first-order valence-corrected chi connectivity index (χ1v) is 9.40. The molecule has 150 valence electrons. The summed E-state index contributed by atoms with van der Waals surface area (Å²) in [6.45, 7) is 2.86. The van der Waals surface area contributed by atoms with Gasteiger partial charge in [0.2, 0.25) is 5.91 Å². The van der Waals surface area contributed by atoms with Crippen molar-refractivity contribution in [1.29, 1.82) is 0 Å². The lowest BCUT2D eigenvalue weighted by Crippen LogP contribution is -2.45. The lowest BCUT2D eigenvalue weighted by molar-refractivity contribution is -0.133. The van der Waals surface area contributed by atoms with Crippen LogP contribution >= 0.6 is 0 Å². The Hall–Kier alpha value is -3.62. The molecule has 1 aliphatic rings. The molecule has 2 aromatic carbocycles. The maximum Gasteiger partial charge on any atom is 0.368 e. The van der Waals surface area contributed by atoms with Gasteiger partial charge < -0.3 is 14.4 Å². The molecule has 1 aromatic heterocycles. The maximum atomic E-state index is 12.8. The van der Waals surface area contributed by atoms with Crippen LogP contribution in [0.5, 0.6) is 11.5 Å². The van der Waals surface area contributed by atoms with Crippen molar-refractivity contribution >= 4 is 5.91 Å². The molecule has 1 aliphatic heterocycles. The molecule has 0 bridgehead atoms. The molecule has 29 heavy (non-hydrogen) atoms. The number of carbonyl (C=O) groups is 1. The minimum atomic E-state index is -0.466. The van der Waals surface area contributed by atoms with E-state index >= 15 is 0 Å². The number of ether oxygens (including phenoxy) is 2. The van der Waals surface area contributed by atoms with Crippen molar-refractivity contribution in [3.05, 3.63) is 65.1 Å². The molecule has 0 N–H and O–H groups in total. The second kappa shape index (κ2) is 8.17. The molecule has 1 atom stereocenters. The molecule has 2 heterocycles. The van der Waals surface area contributed by atoms with Crippen LogP contribution in [0, 0.1) is 0 Å². The standard InChI is InChI=1S/C20H21N5O4/c1-2-23(12-16-14-28-17-10-6-7-11-18(17)29-16)19(26)13-24-20(27)25(22-21-24)15-8-4-3-5-9-15/h3-11,16H,2,12-14H2,1H3. The van der Waals surface area contributed by atoms with Crippen LogP contribution < -0.4 is 15.2 Å². The van der Waals surface area contributed by atoms with Crippen molar-refractivity contribution in [2.24, 2.45) is 0 Å². The number of tetrazole rings is 1. The Bertz CT molecular complexity index is 1050. The highest BCUT2D eigenvalue weighted by atomic mass is 16.6. The molecule has 3 aromatic rings. The van der Waals surface area contributed by atoms with Crippen LogP contribution in [-0.2, 0) is 11.3 Å². The van der Waals surface area contributed by atoms with E-state index in [1.54, 1.807) is 29.2 Å². The molecule has 9 heteroatoms. The topological polar surface area (TPSA) is 91.5 Å². The average Bonchev–Trinajstić information content (AvgIpc) is 3.12. The van der Waals surface area contributed by atoms with E-state index in [0.29, 0.717) is 36.9 Å². The SMILES string of the molecule is CCN(CC1COc2ccccc2O1)C(=O)Cn1nnn(-c2ccccc2)c1=O. The molecular weight excluding hydrogens is 374 g/mol. The molecule has 1 amide bonds. The van der Waals surface area contributed by atoms with E-state index in [-0.39, 0.29) is 18.6 Å². The summed E-state index contributed by atoms with van der Waals surface area (Å²) in [6.07, 6.45) is -0.287. The van der Waals surface area contributed by atoms with E-state index in [0.717, 1.165) is 4.68 Å². The lowest BCUT2D eigenvalue weighted by atomic mass is 10.2. The van der Waals surface area contributed by atoms with Crippen LogP contribution in [0.4, 0.5) is 0 Å². The Balaban J connectivity index is 1.42. The summed E-state index contributed by atoms with van der Waals surface area (Å²) in [6, 6.07) is 16.4. The lowest BCUT2D eigenvalue weighted by Gasteiger charge is -2.30. The Morgan fingerprint density at radius 3 is 2.59 bits per heavy atom. The largest absolute Gasteiger partial charge is 0.486 e. The zero-order valence-electron chi connectivity index (χ0n) is 16.0. The van der Waals surface area contributed by atoms with Crippen molar-refractivity contribution in [3.8, 4) is 17.2 Å². The van der Waals surface area contributed by atoms with Gasteiger partial charge in [0.1, 0.15) is 13.2 Å². The highest BCUT2D eigenvalue weighted by Gasteiger charge is 2.25. The number of nitrogens with zero attached hydrogens (tertiary/aromatic N) is 5. The van der Waals surface area contributed by atoms with Crippen molar-refractivity contribution in [2.75, 3.05) is 19.7 Å². The quantitative estimate of drug-likeness (QED) is 0.621. The van der Waals surface area contributed by atoms with E-state index in [1.807, 2.05) is 37.3 Å². The first-order chi connectivity index (χ1) is 14.2. The number of hydrogen-bond acceptors (Lipinski definition) is 6. The summed E-state index contributed by atoms with van der Waals surface area (Å²) in [7, 11) is 0. The fourth-order valence-corrected chi connectivity index (χ4v) is 3.14. The number of benzene rings is 2. The van der Waals surface area contributed by atoms with Crippen LogP contribution in [0.3, 0.4) is 0 Å². The summed E-state index contributed by atoms with van der Waals surface area (Å²) >= 11 is 0. The minimum absolute atomic E-state index is 0.191. The molecule has 0 saturated heterocycles. The molecule has 1 unspecified atom stereocenters. The minimum Gasteiger partial charge on any atom is -0.486 e. The molecule has 0 saturated carbocycles. The van der Waals surface area contributed by atoms with Gasteiger partial charge >= 0.3 is 5.69 Å². The summed E-state index contributed by atoms with van der Waals surface area (Å²) in [4.78, 5) is 26.9. The normalized spacial score (nSPS) is 15.1. The number of amides is 1. The highest BCUT2D eigenvalue weighted by molar-refractivity contribution is 5.75. The smallest absolute Gasteiger partial charge is 0.368 e. The third-order valence-electron chi connectivity index (χ3n) is 4.65. The van der Waals surface area contributed by atoms with Crippen LogP contribution in [0.1, 0.15) is 6.92 Å². The van der Waals surface area contributed by atoms with E-state index < -0.39 is 5.69 Å². The maximum absolute atomic E-state index is 12.8. The van der Waals surface area contributed by atoms with Gasteiger partial charge in [-0.25, -0.2) is 4.79 Å². The summed E-state index contributed by atoms with van der Waals surface area (Å²) < 4.78 is 13.9. The molecule has 9 nitrogen and oxygen atoms in total. The third-order valence-corrected chi connectivity index (χ3v) is 4.65. The molecule has 0 aliphatic carbocycles. The predicted molar refractivity (Wildman–Crippen MR) is 104 cm³/mol. The summed E-state index contributed by atoms with van der Waals surface area (Å²) in [5.74, 6) is 1.12. The molecular formula is C20H21N5O4. The van der Waals surface area contributed by atoms with Gasteiger partial charge in [0, 0.05) is 6.54 Å². The first kappa shape index (κ1) is 18.7. The first-order valence-electron chi connectivity index (χ1n) is 9.40. The number of aromatic nitrogens is 4. The van der Waals surface area contributed by atoms with E-state index in [2.05, 4.69) is 10.4 Å². The molecule has 0 fully saturated rings. The molecule has 0 spiro atoms. The summed E-state index contributed by atoms with van der Waals surface area (Å²) in [5, 5.41) is 7.71. The van der Waals surface area contributed by atoms with Crippen LogP contribution in [0.2, 0.25) is 0 Å². The Kier molecular flexibility index (Phi) is 5.28. The molecule has 0 radical (unpaired) electrons. The monoisotopic (exact) mass is 395 g/mol. The van der Waals surface area contributed by atoms with Gasteiger partial charge in [-0.15, -0.1) is 0 Å². The van der Waals surface area contributed by atoms with Crippen LogP contribution in [0.25, 0.3) is 5.69 Å². The zero-order chi connectivity index (χ0) is 20.2. The number of hydrogen-bond donors (Lipinski definition) is 0. The van der Waals surface area contributed by atoms with Crippen LogP contribution in [0.15, 0.2) is 59.4 Å². The number of fused-ring (bicyclic) bond motifs is 1. The van der Waals surface area contributed by atoms with E-state index in [9.17, 15) is 9.59 Å². The molecule has 4 rings (SSSR count). The second-order valence-electron chi connectivity index (χ2n) is 6.60. The Morgan fingerprint density at radius 1 is 1.10 bits per heavy atom. The number of rotatable bonds is 6. The predicted octanol–water partition coefficient (Wildman–Crippen LogP) is 1.12. The average molecular weight is 395 g/mol. The highest BCUT2D eigenvalue weighted by Crippen LogP contribution is 2.31. The van der Waals surface area contributed by atoms with Gasteiger partial charge in [-0.3, -0.25) is 4.79 Å². The van der Waals surface area contributed by atoms with Gasteiger partial charge in [0.05, 0.1) is 12.2 Å². The van der Waals surface area contributed by atoms with E-state index in [4.69, 9.17) is 9.47 Å². The van der Waals surface area contributed by atoms with Gasteiger partial charge in [-0.05, 0) is 41.6 Å². The summed E-state index contributed by atoms with van der Waals surface area (Å²) in [5.41, 5.74) is 0.127. The van der Waals surface area contributed by atoms with Gasteiger partial charge in [-0.2, -0.15) is 9.36 Å².